The molecule has 1 aliphatic carbocycles. The van der Waals surface area contributed by atoms with E-state index >= 15 is 0 Å². The van der Waals surface area contributed by atoms with Gasteiger partial charge in [-0.3, -0.25) is 24.5 Å². The average molecular weight is 326 g/mol. The first kappa shape index (κ1) is 16.1. The Balaban J connectivity index is 2.46. The van der Waals surface area contributed by atoms with Crippen molar-refractivity contribution >= 4 is 34.8 Å². The predicted octanol–water partition coefficient (Wildman–Crippen LogP) is 2.20. The summed E-state index contributed by atoms with van der Waals surface area (Å²) in [5, 5.41) is 11.2. The Morgan fingerprint density at radius 3 is 2.68 bits per heavy atom. The summed E-state index contributed by atoms with van der Waals surface area (Å²) in [7, 11) is 1.16. The molecule has 1 saturated carbocycles. The molecule has 1 aromatic rings. The van der Waals surface area contributed by atoms with Gasteiger partial charge >= 0.3 is 5.97 Å². The monoisotopic (exact) mass is 325 g/mol. The summed E-state index contributed by atoms with van der Waals surface area (Å²) < 4.78 is 4.60. The molecule has 1 fully saturated rings. The van der Waals surface area contributed by atoms with Gasteiger partial charge in [-0.2, -0.15) is 0 Å². The Hall–Kier alpha value is -2.28. The molecule has 0 spiro atoms. The fourth-order valence-electron chi connectivity index (χ4n) is 2.61. The largest absolute Gasteiger partial charge is 0.469 e. The zero-order valence-electron chi connectivity index (χ0n) is 11.6. The van der Waals surface area contributed by atoms with Gasteiger partial charge in [-0.25, -0.2) is 0 Å². The number of nitrogens with zero attached hydrogens (tertiary/aromatic N) is 1. The maximum absolute atomic E-state index is 12.6. The third kappa shape index (κ3) is 2.85. The lowest BCUT2D eigenvalue weighted by Crippen LogP contribution is -2.31. The Kier molecular flexibility index (Phi) is 4.56. The van der Waals surface area contributed by atoms with Crippen LogP contribution >= 0.6 is 11.6 Å². The second-order valence-electron chi connectivity index (χ2n) is 4.90. The van der Waals surface area contributed by atoms with Gasteiger partial charge in [-0.1, -0.05) is 11.6 Å². The van der Waals surface area contributed by atoms with Crippen molar-refractivity contribution in [2.45, 2.75) is 12.8 Å². The number of benzene rings is 1. The normalized spacial score (nSPS) is 20.7. The Morgan fingerprint density at radius 2 is 2.09 bits per heavy atom. The first-order chi connectivity index (χ1) is 10.4. The number of halogens is 1. The highest BCUT2D eigenvalue weighted by Crippen LogP contribution is 2.35. The van der Waals surface area contributed by atoms with Gasteiger partial charge < -0.3 is 4.74 Å². The van der Waals surface area contributed by atoms with Gasteiger partial charge in [0.15, 0.2) is 5.78 Å². The van der Waals surface area contributed by atoms with Crippen molar-refractivity contribution in [1.29, 1.82) is 0 Å². The van der Waals surface area contributed by atoms with Crippen LogP contribution in [-0.2, 0) is 14.3 Å². The zero-order chi connectivity index (χ0) is 16.4. The van der Waals surface area contributed by atoms with E-state index in [2.05, 4.69) is 4.74 Å². The quantitative estimate of drug-likeness (QED) is 0.276. The molecule has 0 aliphatic heterocycles. The van der Waals surface area contributed by atoms with E-state index in [1.807, 2.05) is 0 Å². The molecule has 116 valence electrons. The minimum atomic E-state index is -1.26. The number of esters is 1. The Labute approximate surface area is 130 Å². The minimum absolute atomic E-state index is 0.0601. The summed E-state index contributed by atoms with van der Waals surface area (Å²) in [5.74, 6) is -4.04. The number of methoxy groups -OCH3 is 1. The van der Waals surface area contributed by atoms with Crippen LogP contribution in [0.15, 0.2) is 18.2 Å². The van der Waals surface area contributed by atoms with Crippen molar-refractivity contribution in [2.24, 2.45) is 11.8 Å². The van der Waals surface area contributed by atoms with E-state index in [1.165, 1.54) is 6.07 Å². The van der Waals surface area contributed by atoms with E-state index in [0.717, 1.165) is 19.2 Å². The summed E-state index contributed by atoms with van der Waals surface area (Å²) in [5.41, 5.74) is -0.718. The highest BCUT2D eigenvalue weighted by atomic mass is 35.5. The number of Topliss-reactive ketones (excluding diaryl/α,β-unsaturated/α-hetero) is 2. The molecular formula is C14H12ClNO6. The Morgan fingerprint density at radius 1 is 1.41 bits per heavy atom. The molecule has 2 rings (SSSR count). The molecule has 1 aliphatic rings. The van der Waals surface area contributed by atoms with Gasteiger partial charge in [0.2, 0.25) is 0 Å². The van der Waals surface area contributed by atoms with Crippen molar-refractivity contribution in [1.82, 2.24) is 0 Å². The molecule has 8 heteroatoms. The summed E-state index contributed by atoms with van der Waals surface area (Å²) >= 11 is 5.78. The van der Waals surface area contributed by atoms with Crippen LogP contribution in [-0.4, -0.2) is 29.6 Å². The lowest BCUT2D eigenvalue weighted by atomic mass is 9.87. The van der Waals surface area contributed by atoms with Crippen LogP contribution in [0.25, 0.3) is 0 Å². The number of carbonyl (C=O) groups is 3. The number of carbonyl (C=O) groups excluding carboxylic acids is 3. The van der Waals surface area contributed by atoms with E-state index in [9.17, 15) is 24.5 Å². The van der Waals surface area contributed by atoms with Crippen LogP contribution in [0.5, 0.6) is 0 Å². The second-order valence-corrected chi connectivity index (χ2v) is 5.33. The smallest absolute Gasteiger partial charge is 0.309 e. The van der Waals surface area contributed by atoms with Crippen molar-refractivity contribution in [3.63, 3.8) is 0 Å². The summed E-state index contributed by atoms with van der Waals surface area (Å²) in [6.45, 7) is 0. The Bertz CT molecular complexity index is 671. The van der Waals surface area contributed by atoms with Crippen LogP contribution < -0.4 is 0 Å². The lowest BCUT2D eigenvalue weighted by molar-refractivity contribution is -0.385. The average Bonchev–Trinajstić information content (AvgIpc) is 2.87. The predicted molar refractivity (Wildman–Crippen MR) is 75.7 cm³/mol. The molecule has 1 unspecified atom stereocenters. The maximum atomic E-state index is 12.6. The first-order valence-corrected chi connectivity index (χ1v) is 6.83. The molecule has 0 aromatic heterocycles. The molecular weight excluding hydrogens is 314 g/mol. The zero-order valence-corrected chi connectivity index (χ0v) is 12.3. The highest BCUT2D eigenvalue weighted by Gasteiger charge is 2.46. The van der Waals surface area contributed by atoms with Crippen molar-refractivity contribution in [2.75, 3.05) is 7.11 Å². The number of hydrogen-bond donors (Lipinski definition) is 0. The second kappa shape index (κ2) is 6.23. The van der Waals surface area contributed by atoms with E-state index in [4.69, 9.17) is 11.6 Å². The molecule has 7 nitrogen and oxygen atoms in total. The van der Waals surface area contributed by atoms with Crippen LogP contribution in [0.4, 0.5) is 5.69 Å². The van der Waals surface area contributed by atoms with Gasteiger partial charge in [0.25, 0.3) is 5.69 Å². The van der Waals surface area contributed by atoms with Gasteiger partial charge in [-0.15, -0.1) is 0 Å². The fourth-order valence-corrected chi connectivity index (χ4v) is 2.78. The number of rotatable bonds is 4. The van der Waals surface area contributed by atoms with Crippen molar-refractivity contribution in [3.8, 4) is 0 Å². The number of nitro groups is 1. The fraction of sp³-hybridized carbons (Fsp3) is 0.357. The van der Waals surface area contributed by atoms with E-state index in [-0.39, 0.29) is 23.4 Å². The molecule has 0 saturated heterocycles. The molecule has 1 aromatic carbocycles. The summed E-state index contributed by atoms with van der Waals surface area (Å²) in [6, 6.07) is 3.52. The molecule has 2 atom stereocenters. The standard InChI is InChI=1S/C14H12ClNO6/c1-22-14(19)8-3-5-11(17)12(8)13(18)9-6-7(15)2-4-10(9)16(20)21/h2,4,6,8,12H,3,5H2,1H3/t8-,12?/m0/s1. The van der Waals surface area contributed by atoms with Gasteiger partial charge in [0.1, 0.15) is 5.78 Å². The number of ketones is 2. The maximum Gasteiger partial charge on any atom is 0.309 e. The third-order valence-corrected chi connectivity index (χ3v) is 3.89. The van der Waals surface area contributed by atoms with Crippen molar-refractivity contribution in [3.05, 3.63) is 38.9 Å². The first-order valence-electron chi connectivity index (χ1n) is 6.45. The summed E-state index contributed by atoms with van der Waals surface area (Å²) in [6.07, 6.45) is 0.251. The third-order valence-electron chi connectivity index (χ3n) is 3.66. The van der Waals surface area contributed by atoms with Gasteiger partial charge in [-0.05, 0) is 18.6 Å². The molecule has 22 heavy (non-hydrogen) atoms. The molecule has 0 amide bonds. The topological polar surface area (TPSA) is 104 Å². The number of nitro benzene ring substituents is 1. The molecule has 0 radical (unpaired) electrons. The van der Waals surface area contributed by atoms with Crippen LogP contribution in [0.3, 0.4) is 0 Å². The minimum Gasteiger partial charge on any atom is -0.469 e. The SMILES string of the molecule is COC(=O)[C@H]1CCC(=O)C1C(=O)c1cc(Cl)ccc1[N+](=O)[O-]. The van der Waals surface area contributed by atoms with Gasteiger partial charge in [0, 0.05) is 17.5 Å². The lowest BCUT2D eigenvalue weighted by Gasteiger charge is -2.15. The number of hydrogen-bond acceptors (Lipinski definition) is 6. The highest BCUT2D eigenvalue weighted by molar-refractivity contribution is 6.31. The van der Waals surface area contributed by atoms with Gasteiger partial charge in [0.05, 0.1) is 29.4 Å². The molecule has 0 N–H and O–H groups in total. The molecule has 0 bridgehead atoms. The van der Waals surface area contributed by atoms with Crippen molar-refractivity contribution < 1.29 is 24.0 Å². The van der Waals surface area contributed by atoms with Crippen LogP contribution in [0, 0.1) is 22.0 Å². The van der Waals surface area contributed by atoms with Crippen LogP contribution in [0.2, 0.25) is 5.02 Å². The molecule has 0 heterocycles. The van der Waals surface area contributed by atoms with E-state index < -0.39 is 40.0 Å². The van der Waals surface area contributed by atoms with E-state index in [0.29, 0.717) is 0 Å². The van der Waals surface area contributed by atoms with Crippen LogP contribution in [0.1, 0.15) is 23.2 Å². The summed E-state index contributed by atoms with van der Waals surface area (Å²) in [4.78, 5) is 46.5. The number of ether oxygens (including phenoxy) is 1. The van der Waals surface area contributed by atoms with E-state index in [1.54, 1.807) is 0 Å².